The van der Waals surface area contributed by atoms with Gasteiger partial charge in [0.05, 0.1) is 6.61 Å². The fourth-order valence-corrected chi connectivity index (χ4v) is 2.14. The first-order valence-electron chi connectivity index (χ1n) is 9.12. The molecule has 24 heavy (non-hydrogen) atoms. The lowest BCUT2D eigenvalue weighted by Crippen LogP contribution is -2.06. The van der Waals surface area contributed by atoms with Crippen molar-refractivity contribution in [1.29, 1.82) is 0 Å². The molecule has 4 heteroatoms. The van der Waals surface area contributed by atoms with Gasteiger partial charge in [-0.3, -0.25) is 0 Å². The number of hydrogen-bond acceptors (Lipinski definition) is 3. The Morgan fingerprint density at radius 3 is 2.17 bits per heavy atom. The lowest BCUT2D eigenvalue weighted by Gasteiger charge is -2.13. The van der Waals surface area contributed by atoms with Crippen molar-refractivity contribution in [1.82, 2.24) is 0 Å². The van der Waals surface area contributed by atoms with Gasteiger partial charge in [-0.15, -0.1) is 0 Å². The Hall–Kier alpha value is -1.58. The van der Waals surface area contributed by atoms with Crippen LogP contribution in [-0.2, 0) is 14.3 Å². The molecule has 0 aromatic heterocycles. The molecule has 0 saturated carbocycles. The zero-order chi connectivity index (χ0) is 18.8. The fraction of sp³-hybridized carbons (Fsp3) is 0.700. The molecule has 1 atom stereocenters. The van der Waals surface area contributed by atoms with Crippen molar-refractivity contribution in [3.8, 4) is 0 Å². The highest BCUT2D eigenvalue weighted by atomic mass is 16.5. The van der Waals surface area contributed by atoms with Crippen LogP contribution in [0.4, 0.5) is 0 Å². The predicted octanol–water partition coefficient (Wildman–Crippen LogP) is 5.53. The highest BCUT2D eigenvalue weighted by Crippen LogP contribution is 2.20. The molecule has 1 unspecified atom stereocenters. The lowest BCUT2D eigenvalue weighted by molar-refractivity contribution is -0.138. The molecule has 0 spiro atoms. The quantitative estimate of drug-likeness (QED) is 0.272. The van der Waals surface area contributed by atoms with Gasteiger partial charge >= 0.3 is 11.9 Å². The summed E-state index contributed by atoms with van der Waals surface area (Å²) in [4.78, 5) is 21.0. The van der Waals surface area contributed by atoms with E-state index >= 15 is 0 Å². The average molecular weight is 341 g/mol. The van der Waals surface area contributed by atoms with E-state index in [-0.39, 0.29) is 5.97 Å². The van der Waals surface area contributed by atoms with Gasteiger partial charge in [-0.1, -0.05) is 78.9 Å². The third-order valence-corrected chi connectivity index (χ3v) is 3.79. The number of esters is 1. The standard InChI is InChI=1S/C11H20O2.C9H16O2/c1-4-6-7-10(5-2)8-9(3)11(12)13;1-3-5-6-7-8-11-9(10)4-2/h10H,3-8H2,1-2H3,(H,12,13);4H,2-3,5-8H2,1H3. The highest BCUT2D eigenvalue weighted by molar-refractivity contribution is 5.85. The maximum absolute atomic E-state index is 10.5. The van der Waals surface area contributed by atoms with Crippen molar-refractivity contribution >= 4 is 11.9 Å². The minimum absolute atomic E-state index is 0.318. The largest absolute Gasteiger partial charge is 0.478 e. The summed E-state index contributed by atoms with van der Waals surface area (Å²) in [6, 6.07) is 0. The zero-order valence-electron chi connectivity index (χ0n) is 15.8. The van der Waals surface area contributed by atoms with Crippen LogP contribution in [0.1, 0.15) is 78.6 Å². The molecule has 0 aliphatic rings. The van der Waals surface area contributed by atoms with E-state index in [0.29, 0.717) is 24.5 Å². The Kier molecular flexibility index (Phi) is 18.3. The van der Waals surface area contributed by atoms with Gasteiger partial charge in [0.15, 0.2) is 0 Å². The maximum atomic E-state index is 10.5. The third-order valence-electron chi connectivity index (χ3n) is 3.79. The monoisotopic (exact) mass is 340 g/mol. The van der Waals surface area contributed by atoms with Gasteiger partial charge in [0, 0.05) is 11.6 Å². The molecule has 4 nitrogen and oxygen atoms in total. The van der Waals surface area contributed by atoms with Gasteiger partial charge in [-0.25, -0.2) is 9.59 Å². The van der Waals surface area contributed by atoms with Crippen LogP contribution in [0.15, 0.2) is 24.8 Å². The number of rotatable bonds is 13. The van der Waals surface area contributed by atoms with E-state index in [2.05, 4.69) is 33.9 Å². The molecule has 0 bridgehead atoms. The van der Waals surface area contributed by atoms with Crippen LogP contribution in [0.5, 0.6) is 0 Å². The molecular formula is C20H36O4. The molecule has 0 radical (unpaired) electrons. The molecule has 140 valence electrons. The van der Waals surface area contributed by atoms with E-state index < -0.39 is 5.97 Å². The number of aliphatic carboxylic acids is 1. The molecule has 0 aromatic carbocycles. The van der Waals surface area contributed by atoms with Crippen LogP contribution < -0.4 is 0 Å². The second kappa shape index (κ2) is 17.8. The predicted molar refractivity (Wildman–Crippen MR) is 100.0 cm³/mol. The number of unbranched alkanes of at least 4 members (excludes halogenated alkanes) is 4. The number of carbonyl (C=O) groups is 2. The number of carboxylic acids is 1. The van der Waals surface area contributed by atoms with E-state index in [1.165, 1.54) is 31.8 Å². The SMILES string of the molecule is C=C(CC(CC)CCCC)C(=O)O.C=CC(=O)OCCCCCC. The number of hydrogen-bond donors (Lipinski definition) is 1. The van der Waals surface area contributed by atoms with E-state index in [4.69, 9.17) is 9.84 Å². The number of carboxylic acid groups (broad SMARTS) is 1. The van der Waals surface area contributed by atoms with Crippen LogP contribution in [0, 0.1) is 5.92 Å². The summed E-state index contributed by atoms with van der Waals surface area (Å²) in [7, 11) is 0. The van der Waals surface area contributed by atoms with Crippen molar-refractivity contribution in [3.05, 3.63) is 24.8 Å². The Balaban J connectivity index is 0. The summed E-state index contributed by atoms with van der Waals surface area (Å²) in [6.45, 7) is 13.8. The van der Waals surface area contributed by atoms with Crippen molar-refractivity contribution in [2.45, 2.75) is 78.6 Å². The Morgan fingerprint density at radius 2 is 1.71 bits per heavy atom. The molecule has 0 amide bonds. The van der Waals surface area contributed by atoms with Gasteiger partial charge in [-0.2, -0.15) is 0 Å². The van der Waals surface area contributed by atoms with E-state index in [1.54, 1.807) is 0 Å². The maximum Gasteiger partial charge on any atom is 0.330 e. The first-order chi connectivity index (χ1) is 11.4. The summed E-state index contributed by atoms with van der Waals surface area (Å²) < 4.78 is 4.78. The minimum Gasteiger partial charge on any atom is -0.478 e. The van der Waals surface area contributed by atoms with E-state index in [1.807, 2.05) is 0 Å². The molecule has 1 N–H and O–H groups in total. The molecule has 0 heterocycles. The van der Waals surface area contributed by atoms with Gasteiger partial charge in [0.2, 0.25) is 0 Å². The second-order valence-electron chi connectivity index (χ2n) is 5.96. The van der Waals surface area contributed by atoms with Crippen molar-refractivity contribution in [2.75, 3.05) is 6.61 Å². The van der Waals surface area contributed by atoms with Crippen LogP contribution in [0.3, 0.4) is 0 Å². The first kappa shape index (κ1) is 24.7. The van der Waals surface area contributed by atoms with Gasteiger partial charge in [0.25, 0.3) is 0 Å². The van der Waals surface area contributed by atoms with Crippen molar-refractivity contribution in [3.63, 3.8) is 0 Å². The van der Waals surface area contributed by atoms with Gasteiger partial charge in [0.1, 0.15) is 0 Å². The number of carbonyl (C=O) groups excluding carboxylic acids is 1. The van der Waals surface area contributed by atoms with Crippen molar-refractivity contribution < 1.29 is 19.4 Å². The highest BCUT2D eigenvalue weighted by Gasteiger charge is 2.11. The van der Waals surface area contributed by atoms with E-state index in [9.17, 15) is 9.59 Å². The van der Waals surface area contributed by atoms with Crippen LogP contribution in [0.25, 0.3) is 0 Å². The molecule has 0 saturated heterocycles. The summed E-state index contributed by atoms with van der Waals surface area (Å²) in [5, 5.41) is 8.65. The molecule has 0 rings (SSSR count). The molecule has 0 aliphatic carbocycles. The van der Waals surface area contributed by atoms with Crippen LogP contribution >= 0.6 is 0 Å². The zero-order valence-corrected chi connectivity index (χ0v) is 15.8. The second-order valence-corrected chi connectivity index (χ2v) is 5.96. The topological polar surface area (TPSA) is 63.6 Å². The lowest BCUT2D eigenvalue weighted by atomic mass is 9.92. The minimum atomic E-state index is -0.852. The van der Waals surface area contributed by atoms with Gasteiger partial charge in [-0.05, 0) is 18.8 Å². The summed E-state index contributed by atoms with van der Waals surface area (Å²) in [6.07, 6.45) is 10.9. The molecular weight excluding hydrogens is 304 g/mol. The average Bonchev–Trinajstić information content (AvgIpc) is 2.58. The normalized spacial score (nSPS) is 11.0. The molecule has 0 aliphatic heterocycles. The Morgan fingerprint density at radius 1 is 1.08 bits per heavy atom. The molecule has 0 fully saturated rings. The van der Waals surface area contributed by atoms with E-state index in [0.717, 1.165) is 25.7 Å². The molecule has 0 aromatic rings. The van der Waals surface area contributed by atoms with Crippen LogP contribution in [0.2, 0.25) is 0 Å². The Labute approximate surface area is 148 Å². The summed E-state index contributed by atoms with van der Waals surface area (Å²) >= 11 is 0. The third kappa shape index (κ3) is 16.8. The van der Waals surface area contributed by atoms with Gasteiger partial charge < -0.3 is 9.84 Å². The first-order valence-corrected chi connectivity index (χ1v) is 9.12. The summed E-state index contributed by atoms with van der Waals surface area (Å²) in [5.74, 6) is -0.667. The fourth-order valence-electron chi connectivity index (χ4n) is 2.14. The Bertz CT molecular complexity index is 361. The van der Waals surface area contributed by atoms with Crippen LogP contribution in [-0.4, -0.2) is 23.7 Å². The summed E-state index contributed by atoms with van der Waals surface area (Å²) in [5.41, 5.74) is 0.350. The number of ether oxygens (including phenoxy) is 1. The smallest absolute Gasteiger partial charge is 0.330 e. The van der Waals surface area contributed by atoms with Crippen molar-refractivity contribution in [2.24, 2.45) is 5.92 Å².